The van der Waals surface area contributed by atoms with Crippen LogP contribution in [0.2, 0.25) is 0 Å². The van der Waals surface area contributed by atoms with Crippen LogP contribution in [0.3, 0.4) is 0 Å². The highest BCUT2D eigenvalue weighted by molar-refractivity contribution is 6.00. The molecule has 0 saturated carbocycles. The minimum Gasteiger partial charge on any atom is -0.356 e. The maximum atomic E-state index is 12.9. The molecule has 1 aromatic carbocycles. The molecule has 1 aliphatic rings. The van der Waals surface area contributed by atoms with Crippen molar-refractivity contribution in [2.24, 2.45) is 7.05 Å². The summed E-state index contributed by atoms with van der Waals surface area (Å²) in [4.78, 5) is 47.5. The Kier molecular flexibility index (Phi) is 5.96. The number of amides is 3. The Hall–Kier alpha value is -2.90. The molecular weight excluding hydrogens is 360 g/mol. The van der Waals surface area contributed by atoms with E-state index < -0.39 is 11.9 Å². The first-order valence-corrected chi connectivity index (χ1v) is 9.67. The molecule has 1 unspecified atom stereocenters. The van der Waals surface area contributed by atoms with Gasteiger partial charge in [-0.15, -0.1) is 0 Å². The van der Waals surface area contributed by atoms with Gasteiger partial charge in [0.2, 0.25) is 17.7 Å². The average molecular weight is 386 g/mol. The number of para-hydroxylation sites is 1. The maximum absolute atomic E-state index is 12.9. The first kappa shape index (κ1) is 19.9. The number of nitrogens with zero attached hydrogens (tertiary/aromatic N) is 2. The minimum absolute atomic E-state index is 0.0189. The highest BCUT2D eigenvalue weighted by Gasteiger charge is 2.31. The van der Waals surface area contributed by atoms with Crippen molar-refractivity contribution in [2.75, 3.05) is 6.54 Å². The van der Waals surface area contributed by atoms with E-state index in [0.717, 1.165) is 42.3 Å². The Bertz CT molecular complexity index is 972. The smallest absolute Gasteiger partial charge is 0.329 e. The third-order valence-electron chi connectivity index (χ3n) is 5.20. The number of piperidine rings is 1. The molecular formula is C20H26N4O4. The SMILES string of the molecule is CC(=O)NCCCCCc1cccc2c1n(C)c(=O)n2C1CCC(=O)NC1=O. The fraction of sp³-hybridized carbons (Fsp3) is 0.500. The molecule has 3 rings (SSSR count). The standard InChI is InChI=1S/C20H26N4O4/c1-13(25)21-12-5-3-4-7-14-8-6-9-15-18(14)23(2)20(28)24(15)16-10-11-17(26)22-19(16)27/h6,8-9,16H,3-5,7,10-12H2,1-2H3,(H,21,25)(H,22,26,27). The summed E-state index contributed by atoms with van der Waals surface area (Å²) in [5.74, 6) is -0.738. The third kappa shape index (κ3) is 4.00. The van der Waals surface area contributed by atoms with Crippen LogP contribution < -0.4 is 16.3 Å². The van der Waals surface area contributed by atoms with E-state index in [0.29, 0.717) is 13.0 Å². The van der Waals surface area contributed by atoms with E-state index in [1.807, 2.05) is 18.2 Å². The van der Waals surface area contributed by atoms with E-state index in [1.165, 1.54) is 11.5 Å². The van der Waals surface area contributed by atoms with Gasteiger partial charge in [-0.25, -0.2) is 4.79 Å². The molecule has 1 atom stereocenters. The molecule has 3 amide bonds. The van der Waals surface area contributed by atoms with Crippen molar-refractivity contribution in [1.82, 2.24) is 19.8 Å². The minimum atomic E-state index is -0.665. The van der Waals surface area contributed by atoms with Gasteiger partial charge < -0.3 is 5.32 Å². The number of rotatable bonds is 7. The van der Waals surface area contributed by atoms with Crippen molar-refractivity contribution in [3.63, 3.8) is 0 Å². The summed E-state index contributed by atoms with van der Waals surface area (Å²) in [6.07, 6.45) is 4.19. The summed E-state index contributed by atoms with van der Waals surface area (Å²) in [5, 5.41) is 5.12. The van der Waals surface area contributed by atoms with E-state index in [4.69, 9.17) is 0 Å². The van der Waals surface area contributed by atoms with Crippen LogP contribution in [0.15, 0.2) is 23.0 Å². The predicted octanol–water partition coefficient (Wildman–Crippen LogP) is 1.17. The molecule has 150 valence electrons. The molecule has 0 spiro atoms. The van der Waals surface area contributed by atoms with Crippen LogP contribution in [0.5, 0.6) is 0 Å². The second-order valence-corrected chi connectivity index (χ2v) is 7.26. The van der Waals surface area contributed by atoms with E-state index in [1.54, 1.807) is 11.6 Å². The van der Waals surface area contributed by atoms with Gasteiger partial charge in [0.1, 0.15) is 6.04 Å². The molecule has 2 heterocycles. The molecule has 8 heteroatoms. The van der Waals surface area contributed by atoms with Crippen LogP contribution in [0.4, 0.5) is 0 Å². The van der Waals surface area contributed by atoms with E-state index in [9.17, 15) is 19.2 Å². The van der Waals surface area contributed by atoms with Crippen LogP contribution in [0, 0.1) is 0 Å². The summed E-state index contributed by atoms with van der Waals surface area (Å²) >= 11 is 0. The molecule has 1 fully saturated rings. The molecule has 8 nitrogen and oxygen atoms in total. The van der Waals surface area contributed by atoms with Gasteiger partial charge in [0, 0.05) is 26.9 Å². The van der Waals surface area contributed by atoms with Gasteiger partial charge in [-0.3, -0.25) is 28.8 Å². The lowest BCUT2D eigenvalue weighted by atomic mass is 10.0. The number of unbranched alkanes of at least 4 members (excludes halogenated alkanes) is 2. The van der Waals surface area contributed by atoms with Gasteiger partial charge in [0.15, 0.2) is 0 Å². The zero-order chi connectivity index (χ0) is 20.3. The second-order valence-electron chi connectivity index (χ2n) is 7.26. The second kappa shape index (κ2) is 8.41. The van der Waals surface area contributed by atoms with Gasteiger partial charge >= 0.3 is 5.69 Å². The fourth-order valence-electron chi connectivity index (χ4n) is 3.83. The van der Waals surface area contributed by atoms with Crippen molar-refractivity contribution in [3.8, 4) is 0 Å². The molecule has 0 aliphatic carbocycles. The van der Waals surface area contributed by atoms with Crippen molar-refractivity contribution >= 4 is 28.8 Å². The summed E-state index contributed by atoms with van der Waals surface area (Å²) < 4.78 is 3.10. The summed E-state index contributed by atoms with van der Waals surface area (Å²) in [6.45, 7) is 2.18. The highest BCUT2D eigenvalue weighted by atomic mass is 16.2. The number of nitrogens with one attached hydrogen (secondary N) is 2. The average Bonchev–Trinajstić information content (AvgIpc) is 2.90. The number of carbonyl (C=O) groups excluding carboxylic acids is 3. The zero-order valence-corrected chi connectivity index (χ0v) is 16.3. The molecule has 1 saturated heterocycles. The Labute approximate surface area is 162 Å². The Balaban J connectivity index is 1.81. The number of fused-ring (bicyclic) bond motifs is 1. The van der Waals surface area contributed by atoms with Gasteiger partial charge in [-0.2, -0.15) is 0 Å². The van der Waals surface area contributed by atoms with Gasteiger partial charge in [-0.1, -0.05) is 18.6 Å². The topological polar surface area (TPSA) is 102 Å². The highest BCUT2D eigenvalue weighted by Crippen LogP contribution is 2.25. The van der Waals surface area contributed by atoms with Crippen LogP contribution in [0.25, 0.3) is 11.0 Å². The van der Waals surface area contributed by atoms with Crippen LogP contribution in [0.1, 0.15) is 50.6 Å². The number of hydrogen-bond acceptors (Lipinski definition) is 4. The zero-order valence-electron chi connectivity index (χ0n) is 16.3. The predicted molar refractivity (Wildman–Crippen MR) is 105 cm³/mol. The number of imidazole rings is 1. The van der Waals surface area contributed by atoms with Crippen molar-refractivity contribution in [1.29, 1.82) is 0 Å². The summed E-state index contributed by atoms with van der Waals surface area (Å²) in [6, 6.07) is 5.09. The number of imide groups is 1. The molecule has 2 N–H and O–H groups in total. The number of hydrogen-bond donors (Lipinski definition) is 2. The van der Waals surface area contributed by atoms with Crippen molar-refractivity contribution < 1.29 is 14.4 Å². The van der Waals surface area contributed by atoms with Crippen LogP contribution in [-0.4, -0.2) is 33.4 Å². The van der Waals surface area contributed by atoms with Gasteiger partial charge in [0.05, 0.1) is 11.0 Å². The lowest BCUT2D eigenvalue weighted by Crippen LogP contribution is -2.44. The number of aryl methyl sites for hydroxylation is 2. The third-order valence-corrected chi connectivity index (χ3v) is 5.20. The van der Waals surface area contributed by atoms with Crippen LogP contribution >= 0.6 is 0 Å². The van der Waals surface area contributed by atoms with Gasteiger partial charge in [-0.05, 0) is 37.3 Å². The molecule has 2 aromatic rings. The monoisotopic (exact) mass is 386 g/mol. The van der Waals surface area contributed by atoms with Crippen molar-refractivity contribution in [3.05, 3.63) is 34.2 Å². The summed E-state index contributed by atoms with van der Waals surface area (Å²) in [5.41, 5.74) is 2.36. The van der Waals surface area contributed by atoms with E-state index in [-0.39, 0.29) is 23.9 Å². The molecule has 1 aliphatic heterocycles. The first-order chi connectivity index (χ1) is 13.4. The number of carbonyl (C=O) groups is 3. The number of aromatic nitrogens is 2. The maximum Gasteiger partial charge on any atom is 0.329 e. The largest absolute Gasteiger partial charge is 0.356 e. The van der Waals surface area contributed by atoms with Crippen LogP contribution in [-0.2, 0) is 27.9 Å². The lowest BCUT2D eigenvalue weighted by Gasteiger charge is -2.21. The Morgan fingerprint density at radius 2 is 2.00 bits per heavy atom. The lowest BCUT2D eigenvalue weighted by molar-refractivity contribution is -0.135. The molecule has 28 heavy (non-hydrogen) atoms. The Morgan fingerprint density at radius 1 is 1.21 bits per heavy atom. The summed E-state index contributed by atoms with van der Waals surface area (Å²) in [7, 11) is 1.72. The first-order valence-electron chi connectivity index (χ1n) is 9.67. The quantitative estimate of drug-likeness (QED) is 0.551. The molecule has 0 radical (unpaired) electrons. The van der Waals surface area contributed by atoms with Gasteiger partial charge in [0.25, 0.3) is 0 Å². The Morgan fingerprint density at radius 3 is 2.71 bits per heavy atom. The normalized spacial score (nSPS) is 17.0. The fourth-order valence-corrected chi connectivity index (χ4v) is 3.83. The van der Waals surface area contributed by atoms with E-state index in [2.05, 4.69) is 10.6 Å². The van der Waals surface area contributed by atoms with E-state index >= 15 is 0 Å². The molecule has 0 bridgehead atoms. The molecule has 1 aromatic heterocycles. The number of benzene rings is 1. The van der Waals surface area contributed by atoms with Crippen molar-refractivity contribution in [2.45, 2.75) is 51.5 Å².